The van der Waals surface area contributed by atoms with E-state index < -0.39 is 37.0 Å². The predicted molar refractivity (Wildman–Crippen MR) is 41.8 cm³/mol. The molecule has 17 heavy (non-hydrogen) atoms. The Labute approximate surface area is 91.7 Å². The number of esters is 1. The molecule has 1 unspecified atom stereocenters. The van der Waals surface area contributed by atoms with Gasteiger partial charge in [0.2, 0.25) is 0 Å². The van der Waals surface area contributed by atoms with Gasteiger partial charge in [-0.1, -0.05) is 13.3 Å². The fourth-order valence-corrected chi connectivity index (χ4v) is 0.820. The zero-order chi connectivity index (χ0) is 13.9. The number of rotatable bonds is 6. The monoisotopic (exact) mass is 270 g/mol. The number of carbonyl (C=O) groups is 1. The van der Waals surface area contributed by atoms with Gasteiger partial charge >= 0.3 is 18.0 Å². The third-order valence-corrected chi connectivity index (χ3v) is 1.66. The van der Waals surface area contributed by atoms with E-state index >= 15 is 0 Å². The summed E-state index contributed by atoms with van der Waals surface area (Å²) < 4.78 is 88.9. The van der Waals surface area contributed by atoms with E-state index in [0.29, 0.717) is 0 Å². The van der Waals surface area contributed by atoms with Gasteiger partial charge in [-0.2, -0.15) is 17.6 Å². The molecule has 0 bridgehead atoms. The van der Waals surface area contributed by atoms with Crippen molar-refractivity contribution in [2.75, 3.05) is 0 Å². The minimum atomic E-state index is -5.32. The summed E-state index contributed by atoms with van der Waals surface area (Å²) in [5.41, 5.74) is 0. The average molecular weight is 270 g/mol. The summed E-state index contributed by atoms with van der Waals surface area (Å²) >= 11 is 0. The highest BCUT2D eigenvalue weighted by Gasteiger charge is 2.60. The van der Waals surface area contributed by atoms with Crippen LogP contribution < -0.4 is 0 Å². The largest absolute Gasteiger partial charge is 0.466 e. The topological polar surface area (TPSA) is 26.3 Å². The van der Waals surface area contributed by atoms with Crippen molar-refractivity contribution in [2.24, 2.45) is 0 Å². The molecule has 0 rings (SSSR count). The Kier molecular flexibility index (Phi) is 5.21. The van der Waals surface area contributed by atoms with Crippen LogP contribution in [0.4, 0.5) is 30.7 Å². The number of hydrogen-bond acceptors (Lipinski definition) is 2. The molecule has 0 spiro atoms. The maximum absolute atomic E-state index is 12.7. The molecule has 0 aromatic rings. The molecule has 0 saturated heterocycles. The second kappa shape index (κ2) is 5.54. The molecule has 0 N–H and O–H groups in total. The maximum Gasteiger partial charge on any atom is 0.466 e. The Hall–Kier alpha value is -1.02. The molecule has 0 saturated carbocycles. The van der Waals surface area contributed by atoms with Crippen molar-refractivity contribution >= 4 is 5.97 Å². The zero-order valence-electron chi connectivity index (χ0n) is 8.53. The lowest BCUT2D eigenvalue weighted by molar-refractivity contribution is -0.335. The number of carbonyl (C=O) groups excluding carboxylic acids is 1. The van der Waals surface area contributed by atoms with Crippen LogP contribution in [0.25, 0.3) is 0 Å². The fourth-order valence-electron chi connectivity index (χ4n) is 0.820. The Morgan fingerprint density at radius 1 is 1.18 bits per heavy atom. The summed E-state index contributed by atoms with van der Waals surface area (Å²) in [5, 5.41) is 0. The van der Waals surface area contributed by atoms with E-state index in [1.165, 1.54) is 0 Å². The zero-order valence-corrected chi connectivity index (χ0v) is 8.53. The van der Waals surface area contributed by atoms with Crippen molar-refractivity contribution in [3.8, 4) is 0 Å². The Morgan fingerprint density at radius 3 is 2.00 bits per heavy atom. The van der Waals surface area contributed by atoms with Crippen LogP contribution in [0.2, 0.25) is 0 Å². The lowest BCUT2D eigenvalue weighted by Crippen LogP contribution is -2.46. The van der Waals surface area contributed by atoms with Crippen LogP contribution in [-0.2, 0) is 9.53 Å². The van der Waals surface area contributed by atoms with Gasteiger partial charge < -0.3 is 4.74 Å². The molecule has 0 fully saturated rings. The summed E-state index contributed by atoms with van der Waals surface area (Å²) in [4.78, 5) is 10.4. The van der Waals surface area contributed by atoms with Crippen LogP contribution in [0, 0.1) is 0 Å². The molecule has 0 aromatic carbocycles. The fraction of sp³-hybridized carbons (Fsp3) is 0.875. The van der Waals surface area contributed by atoms with E-state index in [0.717, 1.165) is 6.92 Å². The quantitative estimate of drug-likeness (QED) is 0.547. The van der Waals surface area contributed by atoms with Gasteiger partial charge in [0.05, 0.1) is 0 Å². The highest BCUT2D eigenvalue weighted by molar-refractivity contribution is 5.75. The lowest BCUT2D eigenvalue weighted by atomic mass is 10.2. The molecule has 9 heteroatoms. The second-order valence-electron chi connectivity index (χ2n) is 3.13. The van der Waals surface area contributed by atoms with Crippen LogP contribution in [0.3, 0.4) is 0 Å². The van der Waals surface area contributed by atoms with Crippen molar-refractivity contribution in [3.05, 3.63) is 0 Å². The van der Waals surface area contributed by atoms with Crippen molar-refractivity contribution in [1.82, 2.24) is 0 Å². The molecule has 102 valence electrons. The molecule has 0 amide bonds. The van der Waals surface area contributed by atoms with Crippen LogP contribution in [0.5, 0.6) is 0 Å². The van der Waals surface area contributed by atoms with Crippen molar-refractivity contribution < 1.29 is 40.3 Å². The third-order valence-electron chi connectivity index (χ3n) is 1.66. The molecule has 0 aromatic heterocycles. The summed E-state index contributed by atoms with van der Waals surface area (Å²) in [6.07, 6.45) is -14.6. The van der Waals surface area contributed by atoms with E-state index in [4.69, 9.17) is 0 Å². The van der Waals surface area contributed by atoms with Crippen molar-refractivity contribution in [1.29, 1.82) is 0 Å². The summed E-state index contributed by atoms with van der Waals surface area (Å²) in [5.74, 6) is -7.46. The van der Waals surface area contributed by atoms with E-state index in [9.17, 15) is 35.5 Å². The minimum Gasteiger partial charge on any atom is -0.394 e. The summed E-state index contributed by atoms with van der Waals surface area (Å²) in [6.45, 7) is 1.16. The van der Waals surface area contributed by atoms with Crippen molar-refractivity contribution in [2.45, 2.75) is 44.4 Å². The smallest absolute Gasteiger partial charge is 0.394 e. The maximum atomic E-state index is 12.7. The SMILES string of the molecule is CCCC(F)(F)C(F)(F)OC(=O)C(F)C(F)F. The van der Waals surface area contributed by atoms with Gasteiger partial charge in [0.25, 0.3) is 12.6 Å². The van der Waals surface area contributed by atoms with Gasteiger partial charge in [-0.3, -0.25) is 0 Å². The number of ether oxygens (including phenoxy) is 1. The molecule has 0 aliphatic rings. The van der Waals surface area contributed by atoms with E-state index in [2.05, 4.69) is 4.74 Å². The average Bonchev–Trinajstić information content (AvgIpc) is 2.15. The summed E-state index contributed by atoms with van der Waals surface area (Å²) in [6, 6.07) is 0. The molecule has 0 aliphatic carbocycles. The molecule has 0 radical (unpaired) electrons. The first-order valence-electron chi connectivity index (χ1n) is 4.46. The second-order valence-corrected chi connectivity index (χ2v) is 3.13. The van der Waals surface area contributed by atoms with Crippen molar-refractivity contribution in [3.63, 3.8) is 0 Å². The number of hydrogen-bond donors (Lipinski definition) is 0. The van der Waals surface area contributed by atoms with E-state index in [1.807, 2.05) is 0 Å². The van der Waals surface area contributed by atoms with Gasteiger partial charge in [-0.15, -0.1) is 0 Å². The highest BCUT2D eigenvalue weighted by Crippen LogP contribution is 2.39. The standard InChI is InChI=1S/C8H9F7O2/c1-2-3-7(12,13)8(14,15)17-6(16)4(9)5(10)11/h4-5H,2-3H2,1H3. The van der Waals surface area contributed by atoms with Gasteiger partial charge in [-0.25, -0.2) is 18.0 Å². The predicted octanol–water partition coefficient (Wildman–Crippen LogP) is 3.16. The molecule has 0 aliphatic heterocycles. The number of halogens is 7. The van der Waals surface area contributed by atoms with E-state index in [1.54, 1.807) is 0 Å². The molecular formula is C8H9F7O2. The molecule has 1 atom stereocenters. The third kappa shape index (κ3) is 4.04. The number of alkyl halides is 7. The van der Waals surface area contributed by atoms with Crippen LogP contribution >= 0.6 is 0 Å². The first kappa shape index (κ1) is 16.0. The lowest BCUT2D eigenvalue weighted by Gasteiger charge is -2.25. The van der Waals surface area contributed by atoms with Crippen LogP contribution in [0.1, 0.15) is 19.8 Å². The van der Waals surface area contributed by atoms with Gasteiger partial charge in [0.1, 0.15) is 0 Å². The van der Waals surface area contributed by atoms with Crippen LogP contribution in [0.15, 0.2) is 0 Å². The minimum absolute atomic E-state index is 0.367. The highest BCUT2D eigenvalue weighted by atomic mass is 19.3. The molecule has 2 nitrogen and oxygen atoms in total. The Balaban J connectivity index is 4.70. The van der Waals surface area contributed by atoms with Gasteiger partial charge in [0, 0.05) is 6.42 Å². The Morgan fingerprint density at radius 2 is 1.65 bits per heavy atom. The van der Waals surface area contributed by atoms with Gasteiger partial charge in [-0.05, 0) is 0 Å². The molecular weight excluding hydrogens is 261 g/mol. The first-order valence-corrected chi connectivity index (χ1v) is 4.46. The van der Waals surface area contributed by atoms with Crippen LogP contribution in [-0.4, -0.2) is 30.6 Å². The Bertz CT molecular complexity index is 267. The first-order chi connectivity index (χ1) is 7.55. The van der Waals surface area contributed by atoms with Gasteiger partial charge in [0.15, 0.2) is 0 Å². The summed E-state index contributed by atoms with van der Waals surface area (Å²) in [7, 11) is 0. The van der Waals surface area contributed by atoms with E-state index in [-0.39, 0.29) is 6.42 Å². The molecule has 0 heterocycles. The normalized spacial score (nSPS) is 14.9.